The van der Waals surface area contributed by atoms with Crippen LogP contribution in [0.25, 0.3) is 0 Å². The van der Waals surface area contributed by atoms with Crippen molar-refractivity contribution in [3.63, 3.8) is 0 Å². The zero-order valence-corrected chi connectivity index (χ0v) is 33.9. The lowest BCUT2D eigenvalue weighted by Gasteiger charge is -2.23. The van der Waals surface area contributed by atoms with Crippen LogP contribution in [-0.4, -0.2) is 47.8 Å². The van der Waals surface area contributed by atoms with E-state index in [1.807, 2.05) is 6.08 Å². The van der Waals surface area contributed by atoms with Crippen LogP contribution < -0.4 is 11.1 Å². The SMILES string of the molecule is CCCC/C=C/CC/C=C/CC/C=C/C(O)C(COP(=O)(O)OCCN)NC(=O)CCCCCCCC/C=C\C/C=C\C/C=C\CCCCCCC. The second-order valence-corrected chi connectivity index (χ2v) is 14.9. The van der Waals surface area contributed by atoms with Crippen LogP contribution in [0.1, 0.15) is 162 Å². The molecule has 0 rings (SSSR count). The molecule has 0 saturated heterocycles. The molecule has 5 N–H and O–H groups in total. The van der Waals surface area contributed by atoms with Crippen molar-refractivity contribution in [2.75, 3.05) is 19.8 Å². The molecule has 0 spiro atoms. The van der Waals surface area contributed by atoms with Gasteiger partial charge < -0.3 is 21.1 Å². The fourth-order valence-electron chi connectivity index (χ4n) is 5.33. The van der Waals surface area contributed by atoms with Gasteiger partial charge in [0.1, 0.15) is 0 Å². The molecule has 3 atom stereocenters. The highest BCUT2D eigenvalue weighted by Crippen LogP contribution is 2.43. The molecule has 0 aliphatic rings. The van der Waals surface area contributed by atoms with Crippen molar-refractivity contribution in [3.05, 3.63) is 72.9 Å². The molecule has 0 fully saturated rings. The summed E-state index contributed by atoms with van der Waals surface area (Å²) >= 11 is 0. The van der Waals surface area contributed by atoms with Crippen LogP contribution >= 0.6 is 7.82 Å². The average molecular weight is 749 g/mol. The average Bonchev–Trinajstić information content (AvgIpc) is 3.13. The Bertz CT molecular complexity index is 1040. The van der Waals surface area contributed by atoms with Gasteiger partial charge in [0.2, 0.25) is 5.91 Å². The number of rotatable bonds is 37. The molecule has 0 aliphatic heterocycles. The summed E-state index contributed by atoms with van der Waals surface area (Å²) in [6.07, 6.45) is 49.5. The molecule has 300 valence electrons. The van der Waals surface area contributed by atoms with Gasteiger partial charge >= 0.3 is 7.82 Å². The molecular formula is C43H77N2O6P. The van der Waals surface area contributed by atoms with Crippen molar-refractivity contribution in [1.82, 2.24) is 5.32 Å². The van der Waals surface area contributed by atoms with Crippen LogP contribution in [0, 0.1) is 0 Å². The first kappa shape index (κ1) is 49.9. The molecule has 9 heteroatoms. The van der Waals surface area contributed by atoms with E-state index < -0.39 is 20.0 Å². The Morgan fingerprint density at radius 1 is 0.635 bits per heavy atom. The quantitative estimate of drug-likeness (QED) is 0.0282. The first-order chi connectivity index (χ1) is 25.4. The summed E-state index contributed by atoms with van der Waals surface area (Å²) in [5.74, 6) is -0.226. The van der Waals surface area contributed by atoms with E-state index in [4.69, 9.17) is 14.8 Å². The molecule has 52 heavy (non-hydrogen) atoms. The molecule has 3 unspecified atom stereocenters. The maximum absolute atomic E-state index is 12.7. The lowest BCUT2D eigenvalue weighted by Crippen LogP contribution is -2.45. The summed E-state index contributed by atoms with van der Waals surface area (Å²) in [5.41, 5.74) is 5.35. The van der Waals surface area contributed by atoms with Gasteiger partial charge in [0, 0.05) is 13.0 Å². The minimum Gasteiger partial charge on any atom is -0.387 e. The van der Waals surface area contributed by atoms with Gasteiger partial charge in [-0.3, -0.25) is 13.8 Å². The molecule has 1 amide bonds. The van der Waals surface area contributed by atoms with Crippen molar-refractivity contribution in [1.29, 1.82) is 0 Å². The third-order valence-electron chi connectivity index (χ3n) is 8.48. The van der Waals surface area contributed by atoms with E-state index in [9.17, 15) is 19.4 Å². The lowest BCUT2D eigenvalue weighted by molar-refractivity contribution is -0.123. The summed E-state index contributed by atoms with van der Waals surface area (Å²) in [6.45, 7) is 4.01. The number of allylic oxidation sites excluding steroid dienone is 11. The Hall–Kier alpha value is -2.06. The zero-order valence-electron chi connectivity index (χ0n) is 33.0. The Balaban J connectivity index is 4.30. The minimum atomic E-state index is -4.35. The van der Waals surface area contributed by atoms with E-state index >= 15 is 0 Å². The van der Waals surface area contributed by atoms with Crippen LogP contribution in [-0.2, 0) is 18.4 Å². The third kappa shape index (κ3) is 36.3. The predicted octanol–water partition coefficient (Wildman–Crippen LogP) is 11.3. The second kappa shape index (κ2) is 38.7. The number of nitrogens with two attached hydrogens (primary N) is 1. The normalized spacial score (nSPS) is 14.9. The van der Waals surface area contributed by atoms with Gasteiger partial charge in [-0.05, 0) is 77.0 Å². The van der Waals surface area contributed by atoms with Gasteiger partial charge in [-0.15, -0.1) is 0 Å². The Kier molecular flexibility index (Phi) is 37.1. The monoisotopic (exact) mass is 749 g/mol. The summed E-state index contributed by atoms with van der Waals surface area (Å²) in [5, 5.41) is 13.6. The summed E-state index contributed by atoms with van der Waals surface area (Å²) in [4.78, 5) is 22.6. The smallest absolute Gasteiger partial charge is 0.387 e. The van der Waals surface area contributed by atoms with Crippen LogP contribution in [0.4, 0.5) is 0 Å². The van der Waals surface area contributed by atoms with Gasteiger partial charge in [0.25, 0.3) is 0 Å². The topological polar surface area (TPSA) is 131 Å². The summed E-state index contributed by atoms with van der Waals surface area (Å²) < 4.78 is 22.0. The molecule has 0 heterocycles. The van der Waals surface area contributed by atoms with Crippen LogP contribution in [0.5, 0.6) is 0 Å². The number of hydrogen-bond acceptors (Lipinski definition) is 6. The van der Waals surface area contributed by atoms with Crippen molar-refractivity contribution < 1.29 is 28.4 Å². The number of phosphoric acid groups is 1. The lowest BCUT2D eigenvalue weighted by atomic mass is 10.1. The van der Waals surface area contributed by atoms with Gasteiger partial charge in [-0.2, -0.15) is 0 Å². The van der Waals surface area contributed by atoms with Gasteiger partial charge in [-0.25, -0.2) is 4.57 Å². The van der Waals surface area contributed by atoms with Crippen LogP contribution in [0.2, 0.25) is 0 Å². The number of nitrogens with one attached hydrogen (secondary N) is 1. The number of amides is 1. The highest BCUT2D eigenvalue weighted by molar-refractivity contribution is 7.47. The Morgan fingerprint density at radius 2 is 1.10 bits per heavy atom. The number of phosphoric ester groups is 1. The zero-order chi connectivity index (χ0) is 38.2. The third-order valence-corrected chi connectivity index (χ3v) is 9.47. The first-order valence-electron chi connectivity index (χ1n) is 20.6. The predicted molar refractivity (Wildman–Crippen MR) is 221 cm³/mol. The fraction of sp³-hybridized carbons (Fsp3) is 0.698. The summed E-state index contributed by atoms with van der Waals surface area (Å²) in [6, 6.07) is -0.893. The number of aliphatic hydroxyl groups is 1. The molecule has 0 aromatic carbocycles. The Labute approximate surface area is 318 Å². The molecular weight excluding hydrogens is 671 g/mol. The molecule has 0 saturated carbocycles. The highest BCUT2D eigenvalue weighted by Gasteiger charge is 2.26. The van der Waals surface area contributed by atoms with Crippen molar-refractivity contribution >= 4 is 13.7 Å². The van der Waals surface area contributed by atoms with E-state index in [-0.39, 0.29) is 25.7 Å². The van der Waals surface area contributed by atoms with Crippen molar-refractivity contribution in [2.24, 2.45) is 5.73 Å². The van der Waals surface area contributed by atoms with E-state index in [2.05, 4.69) is 79.9 Å². The standard InChI is InChI=1S/C43H77N2O6P/c1-3-5-7-9-11-13-15-17-18-19-20-21-22-23-24-25-27-29-31-33-35-37-43(47)45-41(40-51-52(48,49)50-39-38-44)42(46)36-34-32-30-28-26-16-14-12-10-8-6-4-2/h10,12,15,17,19-20,22-23,26,28,34,36,41-42,46H,3-9,11,13-14,16,18,21,24-25,27,29-33,35,37-40,44H2,1-2H3,(H,45,47)(H,48,49)/b12-10+,17-15-,20-19-,23-22-,28-26+,36-34+. The second-order valence-electron chi connectivity index (χ2n) is 13.5. The highest BCUT2D eigenvalue weighted by atomic mass is 31.2. The number of carbonyl (C=O) groups excluding carboxylic acids is 1. The molecule has 0 bridgehead atoms. The number of unbranched alkanes of at least 4 members (excludes halogenated alkanes) is 15. The number of carbonyl (C=O) groups is 1. The van der Waals surface area contributed by atoms with E-state index in [1.165, 1.54) is 64.2 Å². The van der Waals surface area contributed by atoms with Crippen LogP contribution in [0.3, 0.4) is 0 Å². The number of aliphatic hydroxyl groups excluding tert-OH is 1. The number of hydrogen-bond donors (Lipinski definition) is 4. The molecule has 8 nitrogen and oxygen atoms in total. The van der Waals surface area contributed by atoms with Crippen LogP contribution in [0.15, 0.2) is 72.9 Å². The maximum Gasteiger partial charge on any atom is 0.472 e. The van der Waals surface area contributed by atoms with Gasteiger partial charge in [-0.1, -0.05) is 151 Å². The minimum absolute atomic E-state index is 0.0657. The largest absolute Gasteiger partial charge is 0.472 e. The molecule has 0 aromatic heterocycles. The van der Waals surface area contributed by atoms with Crippen molar-refractivity contribution in [3.8, 4) is 0 Å². The molecule has 0 aliphatic carbocycles. The fourth-order valence-corrected chi connectivity index (χ4v) is 6.09. The first-order valence-corrected chi connectivity index (χ1v) is 22.1. The van der Waals surface area contributed by atoms with E-state index in [1.54, 1.807) is 6.08 Å². The summed E-state index contributed by atoms with van der Waals surface area (Å²) in [7, 11) is -4.35. The Morgan fingerprint density at radius 3 is 1.67 bits per heavy atom. The van der Waals surface area contributed by atoms with E-state index in [0.717, 1.165) is 77.0 Å². The van der Waals surface area contributed by atoms with E-state index in [0.29, 0.717) is 6.42 Å². The maximum atomic E-state index is 12.7. The van der Waals surface area contributed by atoms with Gasteiger partial charge in [0.05, 0.1) is 25.4 Å². The van der Waals surface area contributed by atoms with Crippen molar-refractivity contribution in [2.45, 2.75) is 174 Å². The molecule has 0 radical (unpaired) electrons. The molecule has 0 aromatic rings. The van der Waals surface area contributed by atoms with Gasteiger partial charge in [0.15, 0.2) is 0 Å².